The van der Waals surface area contributed by atoms with Gasteiger partial charge in [-0.1, -0.05) is 13.8 Å². The van der Waals surface area contributed by atoms with E-state index >= 15 is 0 Å². The lowest BCUT2D eigenvalue weighted by Gasteiger charge is -2.34. The average Bonchev–Trinajstić information content (AvgIpc) is 2.36. The van der Waals surface area contributed by atoms with Gasteiger partial charge in [0.05, 0.1) is 19.9 Å². The molecule has 0 aromatic rings. The maximum atomic E-state index is 12.0. The van der Waals surface area contributed by atoms with Crippen molar-refractivity contribution in [2.45, 2.75) is 33.2 Å². The predicted octanol–water partition coefficient (Wildman–Crippen LogP) is -0.0783. The van der Waals surface area contributed by atoms with Gasteiger partial charge in [-0.2, -0.15) is 0 Å². The zero-order valence-electron chi connectivity index (χ0n) is 12.0. The number of carbonyl (C=O) groups is 1. The van der Waals surface area contributed by atoms with Crippen LogP contribution < -0.4 is 10.6 Å². The Labute approximate surface area is 117 Å². The Balaban J connectivity index is 2.65. The van der Waals surface area contributed by atoms with E-state index in [4.69, 9.17) is 4.74 Å². The second-order valence-corrected chi connectivity index (χ2v) is 4.84. The number of ether oxygens (including phenoxy) is 1. The van der Waals surface area contributed by atoms with Gasteiger partial charge < -0.3 is 15.4 Å². The molecule has 0 amide bonds. The molecule has 20 heavy (non-hydrogen) atoms. The summed E-state index contributed by atoms with van der Waals surface area (Å²) in [5.74, 6) is 0.149. The van der Waals surface area contributed by atoms with Crippen molar-refractivity contribution in [1.82, 2.24) is 15.5 Å². The summed E-state index contributed by atoms with van der Waals surface area (Å²) < 4.78 is 5.07. The molecule has 1 rings (SSSR count). The lowest BCUT2D eigenvalue weighted by atomic mass is 10.0. The van der Waals surface area contributed by atoms with E-state index in [9.17, 15) is 14.9 Å². The van der Waals surface area contributed by atoms with E-state index in [2.05, 4.69) is 15.7 Å². The van der Waals surface area contributed by atoms with Crippen molar-refractivity contribution >= 4 is 11.9 Å². The molecule has 0 aromatic heterocycles. The molecule has 1 fully saturated rings. The first kappa shape index (κ1) is 16.2. The van der Waals surface area contributed by atoms with Crippen LogP contribution in [0.3, 0.4) is 0 Å². The molecule has 0 bridgehead atoms. The summed E-state index contributed by atoms with van der Waals surface area (Å²) >= 11 is 0. The van der Waals surface area contributed by atoms with Crippen LogP contribution in [0.4, 0.5) is 0 Å². The number of nitrogens with zero attached hydrogens (tertiary/aromatic N) is 3. The summed E-state index contributed by atoms with van der Waals surface area (Å²) in [4.78, 5) is 24.1. The van der Waals surface area contributed by atoms with Crippen LogP contribution in [0.1, 0.15) is 27.2 Å². The minimum absolute atomic E-state index is 0.0957. The lowest BCUT2D eigenvalue weighted by Crippen LogP contribution is -2.59. The smallest absolute Gasteiger partial charge is 0.323 e. The third-order valence-electron chi connectivity index (χ3n) is 2.77. The topological polar surface area (TPSA) is 109 Å². The van der Waals surface area contributed by atoms with Crippen LogP contribution in [0.5, 0.6) is 0 Å². The van der Waals surface area contributed by atoms with Crippen molar-refractivity contribution in [1.29, 1.82) is 0 Å². The van der Waals surface area contributed by atoms with Crippen LogP contribution >= 0.6 is 0 Å². The molecule has 0 aliphatic carbocycles. The van der Waals surface area contributed by atoms with Gasteiger partial charge in [0.25, 0.3) is 5.96 Å². The molecular formula is C11H21N5O4. The number of esters is 1. The SMILES string of the molecule is CCOC(=O)[C@H](CC(C)C)N1CNC(=N[N+](=O)[O-])NC1. The number of rotatable bonds is 6. The minimum atomic E-state index is -0.776. The molecule has 0 saturated carbocycles. The third kappa shape index (κ3) is 5.00. The number of nitrogens with one attached hydrogen (secondary N) is 2. The Morgan fingerprint density at radius 3 is 2.55 bits per heavy atom. The zero-order valence-corrected chi connectivity index (χ0v) is 12.0. The highest BCUT2D eigenvalue weighted by atomic mass is 16.7. The molecule has 2 N–H and O–H groups in total. The van der Waals surface area contributed by atoms with Crippen LogP contribution in [-0.2, 0) is 9.53 Å². The maximum absolute atomic E-state index is 12.0. The molecule has 1 saturated heterocycles. The van der Waals surface area contributed by atoms with Gasteiger partial charge >= 0.3 is 5.97 Å². The fourth-order valence-electron chi connectivity index (χ4n) is 1.92. The molecule has 0 radical (unpaired) electrons. The summed E-state index contributed by atoms with van der Waals surface area (Å²) in [7, 11) is 0. The standard InChI is InChI=1S/C11H21N5O4/c1-4-20-10(17)9(5-8(2)3)15-6-12-11(13-7-15)14-16(18)19/h8-9H,4-7H2,1-3H3,(H2,12,13,14)/t9-/m0/s1. The predicted molar refractivity (Wildman–Crippen MR) is 72.1 cm³/mol. The van der Waals surface area contributed by atoms with Crippen molar-refractivity contribution < 1.29 is 14.6 Å². The van der Waals surface area contributed by atoms with Crippen molar-refractivity contribution in [3.63, 3.8) is 0 Å². The number of hydrogen-bond acceptors (Lipinski definition) is 5. The normalized spacial score (nSPS) is 17.1. The second kappa shape index (κ2) is 7.63. The molecule has 1 heterocycles. The van der Waals surface area contributed by atoms with Gasteiger partial charge in [0, 0.05) is 0 Å². The van der Waals surface area contributed by atoms with E-state index in [0.29, 0.717) is 32.3 Å². The number of nitro groups is 1. The van der Waals surface area contributed by atoms with Gasteiger partial charge in [-0.25, -0.2) is 10.1 Å². The second-order valence-electron chi connectivity index (χ2n) is 4.84. The highest BCUT2D eigenvalue weighted by Crippen LogP contribution is 2.13. The Hall–Kier alpha value is -1.90. The Morgan fingerprint density at radius 2 is 2.10 bits per heavy atom. The van der Waals surface area contributed by atoms with Crippen molar-refractivity contribution in [3.05, 3.63) is 10.1 Å². The van der Waals surface area contributed by atoms with Crippen molar-refractivity contribution in [2.24, 2.45) is 11.0 Å². The average molecular weight is 287 g/mol. The molecule has 0 aromatic carbocycles. The van der Waals surface area contributed by atoms with Gasteiger partial charge in [-0.05, 0) is 19.3 Å². The van der Waals surface area contributed by atoms with Gasteiger partial charge in [0.15, 0.2) is 5.03 Å². The fourth-order valence-corrected chi connectivity index (χ4v) is 1.92. The van der Waals surface area contributed by atoms with E-state index in [1.807, 2.05) is 18.7 Å². The highest BCUT2D eigenvalue weighted by molar-refractivity contribution is 5.80. The summed E-state index contributed by atoms with van der Waals surface area (Å²) in [5.41, 5.74) is 0. The van der Waals surface area contributed by atoms with Crippen LogP contribution in [0.2, 0.25) is 0 Å². The van der Waals surface area contributed by atoms with Crippen LogP contribution in [-0.4, -0.2) is 47.8 Å². The van der Waals surface area contributed by atoms with E-state index < -0.39 is 5.03 Å². The monoisotopic (exact) mass is 287 g/mol. The first-order valence-corrected chi connectivity index (χ1v) is 6.55. The third-order valence-corrected chi connectivity index (χ3v) is 2.77. The van der Waals surface area contributed by atoms with E-state index in [-0.39, 0.29) is 18.0 Å². The molecule has 9 nitrogen and oxygen atoms in total. The lowest BCUT2D eigenvalue weighted by molar-refractivity contribution is -0.485. The molecule has 114 valence electrons. The summed E-state index contributed by atoms with van der Waals surface area (Å²) in [6.45, 7) is 6.74. The Morgan fingerprint density at radius 1 is 1.50 bits per heavy atom. The first-order valence-electron chi connectivity index (χ1n) is 6.55. The van der Waals surface area contributed by atoms with E-state index in [1.54, 1.807) is 6.92 Å². The number of carbonyl (C=O) groups excluding carboxylic acids is 1. The van der Waals surface area contributed by atoms with Crippen molar-refractivity contribution in [2.75, 3.05) is 19.9 Å². The van der Waals surface area contributed by atoms with Crippen LogP contribution in [0.15, 0.2) is 5.10 Å². The van der Waals surface area contributed by atoms with Crippen LogP contribution in [0.25, 0.3) is 0 Å². The molecule has 9 heteroatoms. The minimum Gasteiger partial charge on any atom is -0.465 e. The van der Waals surface area contributed by atoms with Gasteiger partial charge in [-0.15, -0.1) is 0 Å². The zero-order chi connectivity index (χ0) is 15.1. The molecule has 0 spiro atoms. The van der Waals surface area contributed by atoms with Crippen molar-refractivity contribution in [3.8, 4) is 0 Å². The van der Waals surface area contributed by atoms with Gasteiger partial charge in [-0.3, -0.25) is 9.69 Å². The van der Waals surface area contributed by atoms with E-state index in [1.165, 1.54) is 0 Å². The number of guanidine groups is 1. The highest BCUT2D eigenvalue weighted by Gasteiger charge is 2.30. The molecular weight excluding hydrogens is 266 g/mol. The fraction of sp³-hybridized carbons (Fsp3) is 0.818. The van der Waals surface area contributed by atoms with Gasteiger partial charge in [0.1, 0.15) is 11.1 Å². The largest absolute Gasteiger partial charge is 0.465 e. The molecule has 1 aliphatic rings. The van der Waals surface area contributed by atoms with E-state index in [0.717, 1.165) is 0 Å². The number of hydrogen-bond donors (Lipinski definition) is 2. The molecule has 1 atom stereocenters. The quantitative estimate of drug-likeness (QED) is 0.399. The maximum Gasteiger partial charge on any atom is 0.323 e. The molecule has 0 unspecified atom stereocenters. The summed E-state index contributed by atoms with van der Waals surface area (Å²) in [6, 6.07) is -0.382. The molecule has 1 aliphatic heterocycles. The van der Waals surface area contributed by atoms with Gasteiger partial charge in [0.2, 0.25) is 0 Å². The Kier molecular flexibility index (Phi) is 6.16. The number of hydrazone groups is 1. The first-order chi connectivity index (χ1) is 9.43. The van der Waals surface area contributed by atoms with Crippen LogP contribution in [0, 0.1) is 16.0 Å². The Bertz CT molecular complexity index is 375. The summed E-state index contributed by atoms with van der Waals surface area (Å²) in [5, 5.41) is 18.2. The summed E-state index contributed by atoms with van der Waals surface area (Å²) in [6.07, 6.45) is 0.657.